The molecule has 2 atom stereocenters. The van der Waals surface area contributed by atoms with Gasteiger partial charge < -0.3 is 15.2 Å². The van der Waals surface area contributed by atoms with Crippen LogP contribution in [-0.4, -0.2) is 40.4 Å². The van der Waals surface area contributed by atoms with E-state index < -0.39 is 16.9 Å². The van der Waals surface area contributed by atoms with Crippen LogP contribution in [0.3, 0.4) is 0 Å². The van der Waals surface area contributed by atoms with Crippen molar-refractivity contribution in [3.8, 4) is 5.75 Å². The third-order valence-electron chi connectivity index (χ3n) is 3.57. The van der Waals surface area contributed by atoms with Gasteiger partial charge >= 0.3 is 0 Å². The molecule has 0 heterocycles. The number of hydrogen-bond acceptors (Lipinski definition) is 4. The Kier molecular flexibility index (Phi) is 6.86. The highest BCUT2D eigenvalue weighted by Gasteiger charge is 2.23. The smallest absolute Gasteiger partial charge is 0.119 e. The standard InChI is InChI=1S/C17H27NO3S/c1-13(2)18-9-16(19)10-21-17-7-5-15(6-8-17)12-22(20)11-14-3-4-14/h5-8,13-14,16,18-19H,3-4,9-12H2,1-2H3. The molecule has 1 aliphatic rings. The number of aliphatic hydroxyl groups is 1. The van der Waals surface area contributed by atoms with E-state index in [2.05, 4.69) is 5.32 Å². The van der Waals surface area contributed by atoms with Gasteiger partial charge in [-0.2, -0.15) is 0 Å². The fraction of sp³-hybridized carbons (Fsp3) is 0.647. The normalized spacial score (nSPS) is 17.5. The molecule has 2 rings (SSSR count). The lowest BCUT2D eigenvalue weighted by atomic mass is 10.2. The van der Waals surface area contributed by atoms with Crippen molar-refractivity contribution in [2.45, 2.75) is 44.6 Å². The van der Waals surface area contributed by atoms with Crippen LogP contribution in [0.1, 0.15) is 32.3 Å². The second kappa shape index (κ2) is 8.65. The summed E-state index contributed by atoms with van der Waals surface area (Å²) < 4.78 is 17.5. The fourth-order valence-corrected chi connectivity index (χ4v) is 3.64. The molecule has 1 aliphatic carbocycles. The number of aliphatic hydroxyl groups excluding tert-OH is 1. The van der Waals surface area contributed by atoms with Crippen molar-refractivity contribution < 1.29 is 14.1 Å². The molecule has 4 nitrogen and oxygen atoms in total. The first kappa shape index (κ1) is 17.4. The largest absolute Gasteiger partial charge is 0.491 e. The van der Waals surface area contributed by atoms with Crippen LogP contribution < -0.4 is 10.1 Å². The van der Waals surface area contributed by atoms with Gasteiger partial charge in [0.25, 0.3) is 0 Å². The van der Waals surface area contributed by atoms with Gasteiger partial charge in [0.05, 0.1) is 0 Å². The summed E-state index contributed by atoms with van der Waals surface area (Å²) >= 11 is 0. The molecular formula is C17H27NO3S. The van der Waals surface area contributed by atoms with Crippen molar-refractivity contribution in [1.82, 2.24) is 5.32 Å². The Morgan fingerprint density at radius 2 is 2.00 bits per heavy atom. The first-order valence-electron chi connectivity index (χ1n) is 8.01. The predicted octanol–water partition coefficient (Wildman–Crippen LogP) is 2.08. The second-order valence-corrected chi connectivity index (χ2v) is 7.87. The molecule has 1 aromatic rings. The number of rotatable bonds is 10. The molecule has 22 heavy (non-hydrogen) atoms. The summed E-state index contributed by atoms with van der Waals surface area (Å²) in [5, 5.41) is 13.0. The second-order valence-electron chi connectivity index (χ2n) is 6.37. The van der Waals surface area contributed by atoms with Crippen LogP contribution in [0.5, 0.6) is 5.75 Å². The van der Waals surface area contributed by atoms with Gasteiger partial charge in [-0.3, -0.25) is 4.21 Å². The quantitative estimate of drug-likeness (QED) is 0.691. The van der Waals surface area contributed by atoms with Crippen molar-refractivity contribution in [3.63, 3.8) is 0 Å². The van der Waals surface area contributed by atoms with E-state index >= 15 is 0 Å². The van der Waals surface area contributed by atoms with Crippen molar-refractivity contribution in [2.75, 3.05) is 18.9 Å². The molecule has 1 aromatic carbocycles. The first-order chi connectivity index (χ1) is 10.5. The first-order valence-corrected chi connectivity index (χ1v) is 9.50. The minimum Gasteiger partial charge on any atom is -0.491 e. The van der Waals surface area contributed by atoms with Gasteiger partial charge in [0, 0.05) is 34.9 Å². The summed E-state index contributed by atoms with van der Waals surface area (Å²) in [7, 11) is -0.753. The van der Waals surface area contributed by atoms with Crippen molar-refractivity contribution in [3.05, 3.63) is 29.8 Å². The Morgan fingerprint density at radius 3 is 2.59 bits per heavy atom. The summed E-state index contributed by atoms with van der Waals surface area (Å²) in [6.07, 6.45) is 1.96. The highest BCUT2D eigenvalue weighted by molar-refractivity contribution is 7.84. The fourth-order valence-electron chi connectivity index (χ4n) is 2.10. The van der Waals surface area contributed by atoms with Crippen LogP contribution in [-0.2, 0) is 16.6 Å². The number of benzene rings is 1. The van der Waals surface area contributed by atoms with Crippen molar-refractivity contribution in [2.24, 2.45) is 5.92 Å². The molecule has 5 heteroatoms. The molecular weight excluding hydrogens is 298 g/mol. The minimum absolute atomic E-state index is 0.271. The van der Waals surface area contributed by atoms with Crippen LogP contribution in [0, 0.1) is 5.92 Å². The van der Waals surface area contributed by atoms with E-state index in [0.29, 0.717) is 24.3 Å². The van der Waals surface area contributed by atoms with Crippen LogP contribution in [0.4, 0.5) is 0 Å². The maximum atomic E-state index is 11.9. The Labute approximate surface area is 135 Å². The van der Waals surface area contributed by atoms with Crippen LogP contribution in [0.2, 0.25) is 0 Å². The SMILES string of the molecule is CC(C)NCC(O)COc1ccc(CS(=O)CC2CC2)cc1. The zero-order valence-corrected chi connectivity index (χ0v) is 14.3. The molecule has 1 fully saturated rings. The van der Waals surface area contributed by atoms with E-state index in [1.54, 1.807) is 0 Å². The predicted molar refractivity (Wildman–Crippen MR) is 90.5 cm³/mol. The molecule has 2 N–H and O–H groups in total. The van der Waals surface area contributed by atoms with Gasteiger partial charge in [-0.15, -0.1) is 0 Å². The Balaban J connectivity index is 1.70. The number of nitrogens with one attached hydrogen (secondary N) is 1. The molecule has 0 bridgehead atoms. The van der Waals surface area contributed by atoms with Crippen molar-refractivity contribution in [1.29, 1.82) is 0 Å². The van der Waals surface area contributed by atoms with Gasteiger partial charge in [0.2, 0.25) is 0 Å². The number of ether oxygens (including phenoxy) is 1. The third-order valence-corrected chi connectivity index (χ3v) is 5.07. The highest BCUT2D eigenvalue weighted by atomic mass is 32.2. The summed E-state index contributed by atoms with van der Waals surface area (Å²) in [5.41, 5.74) is 1.08. The van der Waals surface area contributed by atoms with Crippen molar-refractivity contribution >= 4 is 10.8 Å². The summed E-state index contributed by atoms with van der Waals surface area (Å²) in [6.45, 7) is 4.88. The van der Waals surface area contributed by atoms with E-state index in [1.807, 2.05) is 38.1 Å². The third kappa shape index (κ3) is 6.90. The molecule has 0 saturated heterocycles. The monoisotopic (exact) mass is 325 g/mol. The van der Waals surface area contributed by atoms with Gasteiger partial charge in [0.1, 0.15) is 18.5 Å². The van der Waals surface area contributed by atoms with Gasteiger partial charge in [-0.1, -0.05) is 26.0 Å². The van der Waals surface area contributed by atoms with E-state index in [0.717, 1.165) is 17.1 Å². The minimum atomic E-state index is -0.753. The molecule has 0 radical (unpaired) electrons. The van der Waals surface area contributed by atoms with Crippen LogP contribution >= 0.6 is 0 Å². The summed E-state index contributed by atoms with van der Waals surface area (Å²) in [4.78, 5) is 0. The van der Waals surface area contributed by atoms with Crippen LogP contribution in [0.15, 0.2) is 24.3 Å². The molecule has 0 spiro atoms. The van der Waals surface area contributed by atoms with Crippen LogP contribution in [0.25, 0.3) is 0 Å². The Bertz CT molecular complexity index is 471. The van der Waals surface area contributed by atoms with E-state index in [-0.39, 0.29) is 6.61 Å². The van der Waals surface area contributed by atoms with Gasteiger partial charge in [0.15, 0.2) is 0 Å². The lowest BCUT2D eigenvalue weighted by Crippen LogP contribution is -2.35. The Morgan fingerprint density at radius 1 is 1.32 bits per heavy atom. The Hall–Kier alpha value is -0.910. The summed E-state index contributed by atoms with van der Waals surface area (Å²) in [6, 6.07) is 8.03. The molecule has 1 saturated carbocycles. The molecule has 0 amide bonds. The van der Waals surface area contributed by atoms with E-state index in [4.69, 9.17) is 4.74 Å². The highest BCUT2D eigenvalue weighted by Crippen LogP contribution is 2.30. The lowest BCUT2D eigenvalue weighted by Gasteiger charge is -2.15. The molecule has 2 unspecified atom stereocenters. The maximum absolute atomic E-state index is 11.9. The average molecular weight is 325 g/mol. The zero-order valence-electron chi connectivity index (χ0n) is 13.5. The topological polar surface area (TPSA) is 58.6 Å². The molecule has 0 aromatic heterocycles. The maximum Gasteiger partial charge on any atom is 0.119 e. The summed E-state index contributed by atoms with van der Waals surface area (Å²) in [5.74, 6) is 2.90. The van der Waals surface area contributed by atoms with Gasteiger partial charge in [-0.25, -0.2) is 0 Å². The van der Waals surface area contributed by atoms with Gasteiger partial charge in [-0.05, 0) is 36.5 Å². The van der Waals surface area contributed by atoms with E-state index in [1.165, 1.54) is 12.8 Å². The van der Waals surface area contributed by atoms with E-state index in [9.17, 15) is 9.32 Å². The molecule has 0 aliphatic heterocycles. The number of hydrogen-bond donors (Lipinski definition) is 2. The zero-order chi connectivity index (χ0) is 15.9. The average Bonchev–Trinajstić information content (AvgIpc) is 3.28. The lowest BCUT2D eigenvalue weighted by molar-refractivity contribution is 0.104. The molecule has 124 valence electrons.